The first-order valence-electron chi connectivity index (χ1n) is 4.52. The van der Waals surface area contributed by atoms with E-state index in [1.165, 1.54) is 0 Å². The topological polar surface area (TPSA) is 63.1 Å². The van der Waals surface area contributed by atoms with E-state index in [0.29, 0.717) is 11.5 Å². The van der Waals surface area contributed by atoms with Crippen molar-refractivity contribution in [3.05, 3.63) is 5.82 Å². The molecule has 1 unspecified atom stereocenters. The van der Waals surface area contributed by atoms with Crippen LogP contribution in [0.5, 0.6) is 0 Å². The van der Waals surface area contributed by atoms with E-state index in [0.717, 1.165) is 11.8 Å². The molecule has 0 bridgehead atoms. The summed E-state index contributed by atoms with van der Waals surface area (Å²) in [6.45, 7) is 3.36. The molecule has 0 aliphatic rings. The lowest BCUT2D eigenvalue weighted by molar-refractivity contribution is -0.144. The molecule has 0 aliphatic heterocycles. The molecule has 0 aromatic carbocycles. The lowest BCUT2D eigenvalue weighted by Gasteiger charge is -2.13. The van der Waals surface area contributed by atoms with Crippen LogP contribution >= 0.6 is 23.3 Å². The smallest absolute Gasteiger partial charge is 0.452 e. The number of rotatable bonds is 4. The van der Waals surface area contributed by atoms with Gasteiger partial charge in [-0.25, -0.2) is 4.98 Å². The highest BCUT2D eigenvalue weighted by atomic mass is 32.2. The lowest BCUT2D eigenvalue weighted by Crippen LogP contribution is -2.22. The molecule has 9 heteroatoms. The number of hydrogen-bond donors (Lipinski definition) is 1. The summed E-state index contributed by atoms with van der Waals surface area (Å²) in [6, 6.07) is 0. The van der Waals surface area contributed by atoms with Crippen molar-refractivity contribution in [2.75, 3.05) is 0 Å². The molecule has 0 radical (unpaired) electrons. The highest BCUT2D eigenvalue weighted by Crippen LogP contribution is 2.33. The van der Waals surface area contributed by atoms with Gasteiger partial charge in [-0.3, -0.25) is 4.79 Å². The van der Waals surface area contributed by atoms with E-state index >= 15 is 0 Å². The van der Waals surface area contributed by atoms with Gasteiger partial charge in [0.1, 0.15) is 5.25 Å². The molecule has 0 amide bonds. The Bertz CT molecular complexity index is 406. The van der Waals surface area contributed by atoms with Crippen LogP contribution in [0.25, 0.3) is 0 Å². The van der Waals surface area contributed by atoms with Gasteiger partial charge >= 0.3 is 12.1 Å². The fourth-order valence-electron chi connectivity index (χ4n) is 0.953. The first-order chi connectivity index (χ1) is 7.71. The van der Waals surface area contributed by atoms with Crippen LogP contribution in [-0.4, -0.2) is 25.7 Å². The highest BCUT2D eigenvalue weighted by molar-refractivity contribution is 8.02. The Morgan fingerprint density at radius 2 is 2.06 bits per heavy atom. The Morgan fingerprint density at radius 3 is 2.41 bits per heavy atom. The third-order valence-electron chi connectivity index (χ3n) is 1.74. The largest absolute Gasteiger partial charge is 0.480 e. The van der Waals surface area contributed by atoms with Crippen LogP contribution in [0, 0.1) is 5.92 Å². The van der Waals surface area contributed by atoms with Crippen molar-refractivity contribution in [2.24, 2.45) is 5.92 Å². The molecule has 1 aromatic rings. The second kappa shape index (κ2) is 5.21. The van der Waals surface area contributed by atoms with Crippen LogP contribution < -0.4 is 0 Å². The van der Waals surface area contributed by atoms with Gasteiger partial charge in [-0.15, -0.1) is 0 Å². The Labute approximate surface area is 103 Å². The fraction of sp³-hybridized carbons (Fsp3) is 0.625. The SMILES string of the molecule is CC(C)C(Sc1nc(C(F)(F)F)ns1)C(=O)O. The molecule has 0 saturated carbocycles. The zero-order chi connectivity index (χ0) is 13.2. The molecule has 1 atom stereocenters. The number of carbonyl (C=O) groups is 1. The molecule has 0 spiro atoms. The van der Waals surface area contributed by atoms with E-state index in [4.69, 9.17) is 5.11 Å². The van der Waals surface area contributed by atoms with E-state index in [-0.39, 0.29) is 10.3 Å². The van der Waals surface area contributed by atoms with Crippen molar-refractivity contribution in [2.45, 2.75) is 29.6 Å². The fourth-order valence-corrected chi connectivity index (χ4v) is 2.71. The minimum Gasteiger partial charge on any atom is -0.480 e. The molecular formula is C8H9F3N2O2S2. The van der Waals surface area contributed by atoms with Gasteiger partial charge in [-0.1, -0.05) is 25.6 Å². The second-order valence-corrected chi connectivity index (χ2v) is 5.64. The Morgan fingerprint density at radius 1 is 1.47 bits per heavy atom. The van der Waals surface area contributed by atoms with Crippen molar-refractivity contribution in [1.82, 2.24) is 9.36 Å². The standard InChI is InChI=1S/C8H9F3N2O2S2/c1-3(2)4(5(14)15)16-7-12-6(13-17-7)8(9,10)11/h3-4H,1-2H3,(H,14,15). The van der Waals surface area contributed by atoms with Crippen LogP contribution in [-0.2, 0) is 11.0 Å². The third-order valence-corrected chi connectivity index (χ3v) is 4.05. The van der Waals surface area contributed by atoms with Crippen molar-refractivity contribution >= 4 is 29.3 Å². The number of nitrogens with zero attached hydrogens (tertiary/aromatic N) is 2. The lowest BCUT2D eigenvalue weighted by atomic mass is 10.1. The number of aliphatic carboxylic acids is 1. The predicted octanol–water partition coefficient (Wildman–Crippen LogP) is 2.76. The van der Waals surface area contributed by atoms with Crippen molar-refractivity contribution < 1.29 is 23.1 Å². The zero-order valence-corrected chi connectivity index (χ0v) is 10.5. The Hall–Kier alpha value is -0.830. The van der Waals surface area contributed by atoms with Crippen LogP contribution in [0.1, 0.15) is 19.7 Å². The van der Waals surface area contributed by atoms with Gasteiger partial charge < -0.3 is 5.11 Å². The van der Waals surface area contributed by atoms with E-state index in [2.05, 4.69) is 9.36 Å². The number of hydrogen-bond acceptors (Lipinski definition) is 5. The number of halogens is 3. The number of carboxylic acid groups (broad SMARTS) is 1. The summed E-state index contributed by atoms with van der Waals surface area (Å²) < 4.78 is 39.8. The van der Waals surface area contributed by atoms with Crippen molar-refractivity contribution in [3.8, 4) is 0 Å². The van der Waals surface area contributed by atoms with Gasteiger partial charge in [0.15, 0.2) is 4.34 Å². The summed E-state index contributed by atoms with van der Waals surface area (Å²) >= 11 is 1.35. The number of aromatic nitrogens is 2. The van der Waals surface area contributed by atoms with Crippen LogP contribution in [0.15, 0.2) is 4.34 Å². The Balaban J connectivity index is 2.81. The summed E-state index contributed by atoms with van der Waals surface area (Å²) in [5.41, 5.74) is 0. The summed E-state index contributed by atoms with van der Waals surface area (Å²) in [6.07, 6.45) is -4.59. The molecule has 1 rings (SSSR count). The maximum atomic E-state index is 12.2. The van der Waals surface area contributed by atoms with E-state index in [1.54, 1.807) is 13.8 Å². The minimum absolute atomic E-state index is 0.0124. The quantitative estimate of drug-likeness (QED) is 0.862. The van der Waals surface area contributed by atoms with Gasteiger partial charge in [0.25, 0.3) is 0 Å². The van der Waals surface area contributed by atoms with E-state index in [1.807, 2.05) is 0 Å². The molecule has 17 heavy (non-hydrogen) atoms. The number of alkyl halides is 3. The normalized spacial score (nSPS) is 14.0. The maximum Gasteiger partial charge on any atom is 0.452 e. The van der Waals surface area contributed by atoms with Crippen LogP contribution in [0.4, 0.5) is 13.2 Å². The van der Waals surface area contributed by atoms with E-state index < -0.39 is 23.2 Å². The zero-order valence-electron chi connectivity index (χ0n) is 8.85. The van der Waals surface area contributed by atoms with Gasteiger partial charge in [0.2, 0.25) is 5.82 Å². The number of carboxylic acids is 1. The first kappa shape index (κ1) is 14.2. The molecule has 0 saturated heterocycles. The molecule has 1 aromatic heterocycles. The summed E-state index contributed by atoms with van der Waals surface area (Å²) in [5.74, 6) is -2.51. The van der Waals surface area contributed by atoms with Gasteiger partial charge in [0.05, 0.1) is 0 Å². The minimum atomic E-state index is -4.59. The van der Waals surface area contributed by atoms with Crippen molar-refractivity contribution in [1.29, 1.82) is 0 Å². The average molecular weight is 286 g/mol. The monoisotopic (exact) mass is 286 g/mol. The second-order valence-electron chi connectivity index (χ2n) is 3.50. The molecule has 1 N–H and O–H groups in total. The van der Waals surface area contributed by atoms with Gasteiger partial charge in [-0.2, -0.15) is 17.5 Å². The van der Waals surface area contributed by atoms with Crippen LogP contribution in [0.2, 0.25) is 0 Å². The molecule has 0 fully saturated rings. The highest BCUT2D eigenvalue weighted by Gasteiger charge is 2.36. The molecule has 0 aliphatic carbocycles. The average Bonchev–Trinajstić information content (AvgIpc) is 2.60. The molecule has 96 valence electrons. The van der Waals surface area contributed by atoms with Gasteiger partial charge in [-0.05, 0) is 17.5 Å². The molecule has 1 heterocycles. The summed E-state index contributed by atoms with van der Waals surface area (Å²) in [5, 5.41) is 8.06. The predicted molar refractivity (Wildman–Crippen MR) is 57.0 cm³/mol. The maximum absolute atomic E-state index is 12.2. The summed E-state index contributed by atoms with van der Waals surface area (Å²) in [7, 11) is 0. The number of thioether (sulfide) groups is 1. The molecular weight excluding hydrogens is 277 g/mol. The van der Waals surface area contributed by atoms with Crippen molar-refractivity contribution in [3.63, 3.8) is 0 Å². The first-order valence-corrected chi connectivity index (χ1v) is 6.17. The molecule has 4 nitrogen and oxygen atoms in total. The van der Waals surface area contributed by atoms with E-state index in [9.17, 15) is 18.0 Å². The van der Waals surface area contributed by atoms with Gasteiger partial charge in [0, 0.05) is 0 Å². The van der Waals surface area contributed by atoms with Crippen LogP contribution in [0.3, 0.4) is 0 Å². The Kier molecular flexibility index (Phi) is 4.36. The summed E-state index contributed by atoms with van der Waals surface area (Å²) in [4.78, 5) is 14.1. The third kappa shape index (κ3) is 3.84.